The van der Waals surface area contributed by atoms with Gasteiger partial charge in [0.15, 0.2) is 17.4 Å². The Balaban J connectivity index is -0.0000000150. The van der Waals surface area contributed by atoms with Gasteiger partial charge in [-0.1, -0.05) is 0 Å². The molecule has 0 rings (SSSR count). The summed E-state index contributed by atoms with van der Waals surface area (Å²) in [5.41, 5.74) is 0. The maximum absolute atomic E-state index is 8.74. The van der Waals surface area contributed by atoms with Gasteiger partial charge in [0.05, 0.1) is 0 Å². The molecular formula is H5AgAlCuO3Si. The molecule has 0 bridgehead atoms. The van der Waals surface area contributed by atoms with Crippen molar-refractivity contribution >= 4 is 26.5 Å². The van der Waals surface area contributed by atoms with Gasteiger partial charge in [0.1, 0.15) is 0 Å². The van der Waals surface area contributed by atoms with Crippen LogP contribution in [0, 0.1) is 0 Å². The Bertz CT molecular complexity index is 37.9. The second-order valence-corrected chi connectivity index (χ2v) is 0.848. The summed E-state index contributed by atoms with van der Waals surface area (Å²) in [6, 6.07) is 0. The molecule has 2 radical (unpaired) electrons. The molecule has 0 aromatic heterocycles. The third-order valence-electron chi connectivity index (χ3n) is 0. The van der Waals surface area contributed by atoms with Gasteiger partial charge in [0.2, 0.25) is 0 Å². The minimum absolute atomic E-state index is 0. The van der Waals surface area contributed by atoms with E-state index in [2.05, 4.69) is 0 Å². The van der Waals surface area contributed by atoms with E-state index in [-0.39, 0.29) is 56.8 Å². The summed E-state index contributed by atoms with van der Waals surface area (Å²) in [6.45, 7) is 0. The summed E-state index contributed by atoms with van der Waals surface area (Å²) in [7, 11) is -3.13. The van der Waals surface area contributed by atoms with Gasteiger partial charge in [-0.3, -0.25) is 4.46 Å². The molecule has 0 heterocycles. The van der Waals surface area contributed by atoms with Crippen molar-refractivity contribution in [3.63, 3.8) is 0 Å². The van der Waals surface area contributed by atoms with Crippen molar-refractivity contribution in [3.05, 3.63) is 0 Å². The minimum Gasteiger partial charge on any atom is -0.511 e. The molecule has 0 atom stereocenters. The molecule has 0 spiro atoms. The van der Waals surface area contributed by atoms with E-state index in [0.717, 1.165) is 0 Å². The zero-order valence-electron chi connectivity index (χ0n) is 2.41. The second kappa shape index (κ2) is 15.7. The van der Waals surface area contributed by atoms with Crippen molar-refractivity contribution in [2.24, 2.45) is 0 Å². The first-order valence-electron chi connectivity index (χ1n) is 0.651. The Labute approximate surface area is 79.5 Å². The summed E-state index contributed by atoms with van der Waals surface area (Å²) >= 11 is 0. The Morgan fingerprint density at radius 2 is 1.29 bits per heavy atom. The Hall–Kier alpha value is 1.41. The van der Waals surface area contributed by atoms with Gasteiger partial charge in [-0.2, -0.15) is 0 Å². The van der Waals surface area contributed by atoms with Gasteiger partial charge in [-0.15, -0.1) is 0 Å². The Morgan fingerprint density at radius 3 is 1.29 bits per heavy atom. The summed E-state index contributed by atoms with van der Waals surface area (Å²) in [4.78, 5) is 14.3. The first-order chi connectivity index (χ1) is 1.73. The van der Waals surface area contributed by atoms with Crippen LogP contribution in [0.3, 0.4) is 0 Å². The smallest absolute Gasteiger partial charge is 0.511 e. The number of rotatable bonds is 0. The van der Waals surface area contributed by atoms with Crippen LogP contribution >= 0.6 is 0 Å². The van der Waals surface area contributed by atoms with E-state index >= 15 is 0 Å². The molecular weight excluding hydrogens is 274 g/mol. The van der Waals surface area contributed by atoms with Gasteiger partial charge in [0, 0.05) is 39.4 Å². The first-order valence-corrected chi connectivity index (χ1v) is 1.95. The minimum atomic E-state index is -3.13. The molecule has 0 aliphatic heterocycles. The maximum atomic E-state index is 8.74. The third kappa shape index (κ3) is 109. The van der Waals surface area contributed by atoms with Crippen LogP contribution < -0.4 is 0 Å². The van der Waals surface area contributed by atoms with Crippen LogP contribution in [0.15, 0.2) is 0 Å². The molecule has 0 fully saturated rings. The average molecular weight is 280 g/mol. The molecule has 0 aromatic rings. The fraction of sp³-hybridized carbons (Fsp3) is 0. The molecule has 0 unspecified atom stereocenters. The average Bonchev–Trinajstić information content (AvgIpc) is 0.811. The van der Waals surface area contributed by atoms with Gasteiger partial charge in [0.25, 0.3) is 0 Å². The van der Waals surface area contributed by atoms with E-state index in [1.807, 2.05) is 0 Å². The molecule has 0 aliphatic carbocycles. The van der Waals surface area contributed by atoms with Crippen LogP contribution in [0.25, 0.3) is 0 Å². The molecule has 3 nitrogen and oxygen atoms in total. The molecule has 0 aliphatic rings. The zero-order valence-corrected chi connectivity index (χ0v) is 5.83. The Morgan fingerprint density at radius 1 is 1.29 bits per heavy atom. The molecule has 0 saturated carbocycles. The number of hydrogen-bond donors (Lipinski definition) is 2. The van der Waals surface area contributed by atoms with Gasteiger partial charge in [-0.05, 0) is 0 Å². The van der Waals surface area contributed by atoms with Crippen LogP contribution in [0.4, 0.5) is 0 Å². The van der Waals surface area contributed by atoms with Crippen LogP contribution in [-0.4, -0.2) is 36.1 Å². The topological polar surface area (TPSA) is 57.5 Å². The third-order valence-corrected chi connectivity index (χ3v) is 0. The van der Waals surface area contributed by atoms with Gasteiger partial charge >= 0.3 is 9.17 Å². The van der Waals surface area contributed by atoms with E-state index in [1.54, 1.807) is 0 Å². The predicted molar refractivity (Wildman–Crippen MR) is 20.8 cm³/mol. The van der Waals surface area contributed by atoms with Crippen LogP contribution in [0.5, 0.6) is 0 Å². The summed E-state index contributed by atoms with van der Waals surface area (Å²) < 4.78 is 8.74. The summed E-state index contributed by atoms with van der Waals surface area (Å²) in [6.07, 6.45) is 0. The SMILES string of the molecule is O=[Si](O)O.[Ag].[AlH3].[Cu]. The van der Waals surface area contributed by atoms with Crippen molar-refractivity contribution in [3.8, 4) is 0 Å². The zero-order chi connectivity index (χ0) is 3.58. The molecule has 7 heteroatoms. The van der Waals surface area contributed by atoms with Crippen LogP contribution in [-0.2, 0) is 43.9 Å². The van der Waals surface area contributed by atoms with E-state index in [9.17, 15) is 0 Å². The first kappa shape index (κ1) is 23.7. The van der Waals surface area contributed by atoms with Gasteiger partial charge < -0.3 is 9.59 Å². The number of hydrogen-bond acceptors (Lipinski definition) is 1. The van der Waals surface area contributed by atoms with E-state index in [4.69, 9.17) is 14.1 Å². The normalized spacial score (nSPS) is 3.43. The van der Waals surface area contributed by atoms with Crippen LogP contribution in [0.2, 0.25) is 0 Å². The fourth-order valence-corrected chi connectivity index (χ4v) is 0. The maximum Gasteiger partial charge on any atom is 0.761 e. The molecule has 0 amide bonds. The van der Waals surface area contributed by atoms with E-state index in [0.29, 0.717) is 0 Å². The predicted octanol–water partition coefficient (Wildman–Crippen LogP) is -2.80. The van der Waals surface area contributed by atoms with E-state index in [1.165, 1.54) is 0 Å². The van der Waals surface area contributed by atoms with Crippen molar-refractivity contribution in [2.75, 3.05) is 0 Å². The molecule has 0 saturated heterocycles. The molecule has 7 heavy (non-hydrogen) atoms. The van der Waals surface area contributed by atoms with Crippen molar-refractivity contribution in [1.82, 2.24) is 0 Å². The van der Waals surface area contributed by atoms with Crippen molar-refractivity contribution < 1.29 is 53.5 Å². The fourth-order valence-electron chi connectivity index (χ4n) is 0. The monoisotopic (exact) mass is 278 g/mol. The second-order valence-electron chi connectivity index (χ2n) is 0.283. The quantitative estimate of drug-likeness (QED) is 0.471. The van der Waals surface area contributed by atoms with Crippen molar-refractivity contribution in [2.45, 2.75) is 0 Å². The van der Waals surface area contributed by atoms with Crippen LogP contribution in [0.1, 0.15) is 0 Å². The largest absolute Gasteiger partial charge is 0.761 e. The van der Waals surface area contributed by atoms with E-state index < -0.39 is 9.17 Å². The molecule has 52 valence electrons. The van der Waals surface area contributed by atoms with Gasteiger partial charge in [-0.25, -0.2) is 0 Å². The molecule has 0 aromatic carbocycles. The summed E-state index contributed by atoms with van der Waals surface area (Å²) in [5.74, 6) is 0. The Kier molecular flexibility index (Phi) is 53.1. The summed E-state index contributed by atoms with van der Waals surface area (Å²) in [5, 5.41) is 0. The standard InChI is InChI=1S/Ag.Al.Cu.H2O3Si.3H/c;;;1-4(2)3;;;/h;;;1-2H;;;. The molecule has 2 N–H and O–H groups in total. The van der Waals surface area contributed by atoms with Crippen molar-refractivity contribution in [1.29, 1.82) is 0 Å².